The van der Waals surface area contributed by atoms with Crippen molar-refractivity contribution in [3.05, 3.63) is 12.9 Å². The third-order valence-corrected chi connectivity index (χ3v) is 23.5. The van der Waals surface area contributed by atoms with Gasteiger partial charge < -0.3 is 26.6 Å². The van der Waals surface area contributed by atoms with E-state index in [0.717, 1.165) is 6.04 Å². The number of halogens is 20. The minimum atomic E-state index is -5.31. The van der Waals surface area contributed by atoms with E-state index in [2.05, 4.69) is 97.9 Å². The van der Waals surface area contributed by atoms with Crippen molar-refractivity contribution < 1.29 is 144 Å². The van der Waals surface area contributed by atoms with Crippen LogP contribution in [0.2, 0.25) is 82.6 Å². The molecule has 0 rings (SSSR count). The summed E-state index contributed by atoms with van der Waals surface area (Å²) in [5, 5.41) is 0. The van der Waals surface area contributed by atoms with Crippen molar-refractivity contribution in [3.8, 4) is 0 Å². The lowest BCUT2D eigenvalue weighted by molar-refractivity contribution is -0.328. The molecule has 0 aliphatic rings. The first-order chi connectivity index (χ1) is 32.4. The molecule has 0 aromatic heterocycles. The molecule has 0 bridgehead atoms. The standard InChI is InChI=1S/C9H25FO2Si3.C7H22O2Si3.2C4H5F5O.2C2H2F4O.C2H3F.2C2H6O2/c1-11-13-7-9-15(4,5)12-14(2,3)8-6-10;1-8-10-6-7-12(4,5)9-11(2)3;2*1-10-3(6,2-5)4(7,8)9;2*3-2(4,5)1-7-6;1-2-3;2*1-3-4-2/h6-9,13H2,1-5H3;11H,6-7,10H2,1-5H3;2*2H2,1H3;2*1H2;2H,1H2;2*1-2H3. The van der Waals surface area contributed by atoms with Gasteiger partial charge in [0, 0.05) is 28.4 Å². The molecule has 2 unspecified atom stereocenters. The Hall–Kier alpha value is -0.839. The summed E-state index contributed by atoms with van der Waals surface area (Å²) in [7, 11) is 4.39. The normalized spacial score (nSPS) is 13.7. The Balaban J connectivity index is -0.0000000919. The summed E-state index contributed by atoms with van der Waals surface area (Å²) in [5.41, 5.74) is 0. The van der Waals surface area contributed by atoms with Crippen molar-refractivity contribution in [1.29, 1.82) is 0 Å². The van der Waals surface area contributed by atoms with Crippen LogP contribution in [0.5, 0.6) is 0 Å². The van der Waals surface area contributed by atoms with Gasteiger partial charge in [-0.3, -0.25) is 4.39 Å². The average molecular weight is 1230 g/mol. The summed E-state index contributed by atoms with van der Waals surface area (Å²) in [6.07, 6.45) is -19.5. The number of rotatable bonds is 22. The molecule has 0 fully saturated rings. The van der Waals surface area contributed by atoms with E-state index >= 15 is 0 Å². The highest BCUT2D eigenvalue weighted by Crippen LogP contribution is 2.35. The molecule has 2 atom stereocenters. The van der Waals surface area contributed by atoms with Crippen LogP contribution < -0.4 is 0 Å². The smallest absolute Gasteiger partial charge is 0.451 e. The molecule has 0 aliphatic heterocycles. The van der Waals surface area contributed by atoms with Crippen LogP contribution in [-0.4, -0.2) is 180 Å². The lowest BCUT2D eigenvalue weighted by Crippen LogP contribution is -2.44. The molecule has 38 heteroatoms. The molecule has 0 N–H and O–H groups in total. The van der Waals surface area contributed by atoms with Crippen molar-refractivity contribution in [2.75, 3.05) is 90.1 Å². The highest BCUT2D eigenvalue weighted by molar-refractivity contribution is 6.85. The first-order valence-electron chi connectivity index (χ1n) is 20.0. The van der Waals surface area contributed by atoms with Crippen LogP contribution in [0, 0.1) is 0 Å². The number of hydrogen-bond donors (Lipinski definition) is 0. The van der Waals surface area contributed by atoms with Crippen molar-refractivity contribution in [1.82, 2.24) is 0 Å². The molecule has 0 saturated carbocycles. The van der Waals surface area contributed by atoms with Gasteiger partial charge in [-0.25, -0.2) is 32.7 Å². The summed E-state index contributed by atoms with van der Waals surface area (Å²) in [5.74, 6) is -8.29. The average Bonchev–Trinajstić information content (AvgIpc) is 3.22. The van der Waals surface area contributed by atoms with Gasteiger partial charge in [0.1, 0.15) is 0 Å². The Kier molecular flexibility index (Phi) is 64.1. The lowest BCUT2D eigenvalue weighted by Gasteiger charge is -2.33. The molecule has 0 aromatic carbocycles. The number of hydrogen-bond acceptors (Lipinski definition) is 12. The van der Waals surface area contributed by atoms with Gasteiger partial charge in [0.2, 0.25) is 0 Å². The molecular weight excluding hydrogens is 1150 g/mol. The molecule has 0 heterocycles. The zero-order valence-corrected chi connectivity index (χ0v) is 50.3. The van der Waals surface area contributed by atoms with Crippen LogP contribution in [0.4, 0.5) is 88.1 Å². The van der Waals surface area contributed by atoms with Gasteiger partial charge in [-0.05, 0) is 91.6 Å². The topological polar surface area (TPSA) is 111 Å². The second-order valence-corrected chi connectivity index (χ2v) is 34.2. The number of alkyl halides is 17. The fourth-order valence-electron chi connectivity index (χ4n) is 3.67. The predicted molar refractivity (Wildman–Crippen MR) is 246 cm³/mol. The Morgan fingerprint density at radius 2 is 0.764 bits per heavy atom. The first kappa shape index (κ1) is 90.7. The molecule has 448 valence electrons. The van der Waals surface area contributed by atoms with Crippen molar-refractivity contribution in [2.45, 2.75) is 119 Å². The van der Waals surface area contributed by atoms with E-state index in [4.69, 9.17) is 17.1 Å². The molecular formula is C34H76F20O12Si6. The van der Waals surface area contributed by atoms with Gasteiger partial charge in [0.15, 0.2) is 80.1 Å². The number of methoxy groups -OCH3 is 2. The zero-order chi connectivity index (χ0) is 59.8. The monoisotopic (exact) mass is 1220 g/mol. The van der Waals surface area contributed by atoms with E-state index in [9.17, 15) is 88.1 Å². The highest BCUT2D eigenvalue weighted by Gasteiger charge is 2.58. The largest absolute Gasteiger partial charge is 0.458 e. The van der Waals surface area contributed by atoms with E-state index < -0.39 is 97.0 Å². The van der Waals surface area contributed by atoms with Gasteiger partial charge in [0.25, 0.3) is 0 Å². The molecule has 0 aliphatic carbocycles. The number of ether oxygens (including phenoxy) is 2. The molecule has 0 aromatic rings. The molecule has 0 spiro atoms. The van der Waals surface area contributed by atoms with Crippen molar-refractivity contribution in [3.63, 3.8) is 0 Å². The fourth-order valence-corrected chi connectivity index (χ4v) is 25.0. The van der Waals surface area contributed by atoms with Crippen molar-refractivity contribution in [2.24, 2.45) is 0 Å². The Morgan fingerprint density at radius 3 is 0.903 bits per heavy atom. The maximum Gasteiger partial charge on any atom is 0.451 e. The highest BCUT2D eigenvalue weighted by atomic mass is 28.4. The molecule has 72 heavy (non-hydrogen) atoms. The van der Waals surface area contributed by atoms with Gasteiger partial charge in [0.05, 0.1) is 41.4 Å². The predicted octanol–water partition coefficient (Wildman–Crippen LogP) is 11.9. The quantitative estimate of drug-likeness (QED) is 0.0338. The Labute approximate surface area is 418 Å². The van der Waals surface area contributed by atoms with Crippen LogP contribution in [0.15, 0.2) is 12.9 Å². The fraction of sp³-hybridized carbons (Fsp3) is 0.941. The van der Waals surface area contributed by atoms with Gasteiger partial charge >= 0.3 is 36.4 Å². The second-order valence-electron chi connectivity index (χ2n) is 14.9. The third kappa shape index (κ3) is 73.4. The molecule has 0 saturated heterocycles. The van der Waals surface area contributed by atoms with Crippen LogP contribution in [0.1, 0.15) is 0 Å². The summed E-state index contributed by atoms with van der Waals surface area (Å²) in [6.45, 7) is 12.2. The first-order valence-corrected chi connectivity index (χ1v) is 35.3. The van der Waals surface area contributed by atoms with E-state index in [1.54, 1.807) is 7.11 Å². The zero-order valence-electron chi connectivity index (χ0n) is 43.3. The summed E-state index contributed by atoms with van der Waals surface area (Å²) in [4.78, 5) is 20.7. The van der Waals surface area contributed by atoms with E-state index in [1.165, 1.54) is 46.6 Å². The van der Waals surface area contributed by atoms with E-state index in [0.29, 0.717) is 20.3 Å². The summed E-state index contributed by atoms with van der Waals surface area (Å²) >= 11 is 0. The minimum Gasteiger partial charge on any atom is -0.458 e. The Morgan fingerprint density at radius 1 is 0.500 bits per heavy atom. The van der Waals surface area contributed by atoms with Gasteiger partial charge in [-0.15, -0.1) is 0 Å². The van der Waals surface area contributed by atoms with Crippen LogP contribution in [-0.2, 0) is 56.0 Å². The van der Waals surface area contributed by atoms with Gasteiger partial charge in [-0.2, -0.15) is 71.3 Å². The van der Waals surface area contributed by atoms with Gasteiger partial charge in [-0.1, -0.05) is 6.58 Å². The minimum absolute atomic E-state index is 0.222. The second kappa shape index (κ2) is 50.9. The van der Waals surface area contributed by atoms with Crippen molar-refractivity contribution >= 4 is 53.5 Å². The summed E-state index contributed by atoms with van der Waals surface area (Å²) in [6, 6.07) is 5.56. The molecule has 12 nitrogen and oxygen atoms in total. The third-order valence-electron chi connectivity index (χ3n) is 6.67. The Bertz CT molecular complexity index is 1080. The van der Waals surface area contributed by atoms with E-state index in [1.807, 2.05) is 7.11 Å². The van der Waals surface area contributed by atoms with Crippen LogP contribution in [0.25, 0.3) is 0 Å². The van der Waals surface area contributed by atoms with Crippen LogP contribution in [0.3, 0.4) is 0 Å². The SMILES string of the molecule is C=CF.COC(F)(CF)C(F)(F)F.COC(F)(CF)C(F)(F)F.COOC.COOC.CO[SiH2]CC[Si](C)(C)O[SiH](C)C.CO[SiH2]CC[Si](C)(C)O[Si](C)(C)CCF.FOCC(F)(F)F.FOCC(F)(F)F. The molecule has 0 radical (unpaired) electrons. The van der Waals surface area contributed by atoms with Crippen LogP contribution >= 0.6 is 0 Å². The summed E-state index contributed by atoms with van der Waals surface area (Å²) < 4.78 is 251. The maximum absolute atomic E-state index is 12.3. The van der Waals surface area contributed by atoms with E-state index in [-0.39, 0.29) is 32.5 Å². The lowest BCUT2D eigenvalue weighted by atomic mass is 10.3. The molecule has 0 amide bonds. The maximum atomic E-state index is 12.3.